The minimum absolute atomic E-state index is 0.308. The fourth-order valence-corrected chi connectivity index (χ4v) is 5.46. The first kappa shape index (κ1) is 22.5. The van der Waals surface area contributed by atoms with Crippen LogP contribution in [-0.4, -0.2) is 43.8 Å². The molecule has 0 saturated heterocycles. The highest BCUT2D eigenvalue weighted by Crippen LogP contribution is 2.23. The Morgan fingerprint density at radius 3 is 2.90 bits per heavy atom. The minimum Gasteiger partial charge on any atom is -0.354 e. The fraction of sp³-hybridized carbons (Fsp3) is 0.565. The van der Waals surface area contributed by atoms with E-state index in [9.17, 15) is 4.21 Å². The Morgan fingerprint density at radius 2 is 2.13 bits per heavy atom. The van der Waals surface area contributed by atoms with Crippen molar-refractivity contribution in [3.8, 4) is 0 Å². The Morgan fingerprint density at radius 1 is 1.30 bits per heavy atom. The Labute approximate surface area is 183 Å². The van der Waals surface area contributed by atoms with Gasteiger partial charge in [-0.2, -0.15) is 0 Å². The van der Waals surface area contributed by atoms with Crippen LogP contribution < -0.4 is 10.6 Å². The number of hydrogen-bond acceptors (Lipinski definition) is 3. The van der Waals surface area contributed by atoms with E-state index in [4.69, 9.17) is 0 Å². The zero-order chi connectivity index (χ0) is 21.2. The summed E-state index contributed by atoms with van der Waals surface area (Å²) in [4.78, 5) is 8.90. The minimum atomic E-state index is -0.713. The van der Waals surface area contributed by atoms with Crippen LogP contribution in [0.1, 0.15) is 50.4 Å². The van der Waals surface area contributed by atoms with Gasteiger partial charge in [0.05, 0.1) is 6.54 Å². The van der Waals surface area contributed by atoms with E-state index in [1.54, 1.807) is 7.05 Å². The SMILES string of the molecule is CCS(=O)C1CCCC(NC(=NC)NCc2nccn2CCCc2ccccc2)C1. The quantitative estimate of drug-likeness (QED) is 0.474. The van der Waals surface area contributed by atoms with Gasteiger partial charge in [-0.25, -0.2) is 4.98 Å². The average Bonchev–Trinajstić information content (AvgIpc) is 3.24. The lowest BCUT2D eigenvalue weighted by Crippen LogP contribution is -2.46. The van der Waals surface area contributed by atoms with E-state index < -0.39 is 10.8 Å². The molecule has 1 heterocycles. The van der Waals surface area contributed by atoms with Gasteiger partial charge in [0.15, 0.2) is 5.96 Å². The topological polar surface area (TPSA) is 71.3 Å². The zero-order valence-corrected chi connectivity index (χ0v) is 19.0. The second-order valence-corrected chi connectivity index (χ2v) is 9.86. The number of aliphatic imine (C=N–C) groups is 1. The smallest absolute Gasteiger partial charge is 0.191 e. The summed E-state index contributed by atoms with van der Waals surface area (Å²) in [6.45, 7) is 3.59. The summed E-state index contributed by atoms with van der Waals surface area (Å²) >= 11 is 0. The van der Waals surface area contributed by atoms with Crippen LogP contribution in [0.15, 0.2) is 47.7 Å². The zero-order valence-electron chi connectivity index (χ0n) is 18.2. The monoisotopic (exact) mass is 429 g/mol. The van der Waals surface area contributed by atoms with Crippen molar-refractivity contribution in [1.82, 2.24) is 20.2 Å². The maximum atomic E-state index is 12.2. The third kappa shape index (κ3) is 6.69. The molecule has 30 heavy (non-hydrogen) atoms. The summed E-state index contributed by atoms with van der Waals surface area (Å²) in [6.07, 6.45) is 10.3. The van der Waals surface area contributed by atoms with Crippen LogP contribution in [0.25, 0.3) is 0 Å². The molecule has 3 atom stereocenters. The van der Waals surface area contributed by atoms with Crippen molar-refractivity contribution >= 4 is 16.8 Å². The Hall–Kier alpha value is -2.15. The number of benzene rings is 1. The van der Waals surface area contributed by atoms with Gasteiger partial charge in [0, 0.05) is 53.8 Å². The summed E-state index contributed by atoms with van der Waals surface area (Å²) in [5.74, 6) is 2.55. The van der Waals surface area contributed by atoms with E-state index in [2.05, 4.69) is 55.5 Å². The maximum Gasteiger partial charge on any atom is 0.191 e. The van der Waals surface area contributed by atoms with E-state index in [-0.39, 0.29) is 0 Å². The molecule has 0 amide bonds. The van der Waals surface area contributed by atoms with Crippen LogP contribution >= 0.6 is 0 Å². The number of aromatic nitrogens is 2. The number of nitrogens with zero attached hydrogens (tertiary/aromatic N) is 3. The van der Waals surface area contributed by atoms with Crippen molar-refractivity contribution in [3.05, 3.63) is 54.1 Å². The second-order valence-electron chi connectivity index (χ2n) is 7.85. The molecule has 2 aromatic rings. The predicted octanol–water partition coefficient (Wildman–Crippen LogP) is 3.26. The molecule has 1 aliphatic rings. The van der Waals surface area contributed by atoms with E-state index in [0.29, 0.717) is 17.8 Å². The normalized spacial score (nSPS) is 20.7. The van der Waals surface area contributed by atoms with Gasteiger partial charge >= 0.3 is 0 Å². The summed E-state index contributed by atoms with van der Waals surface area (Å²) in [5, 5.41) is 7.24. The predicted molar refractivity (Wildman–Crippen MR) is 125 cm³/mol. The molecule has 0 radical (unpaired) electrons. The first-order valence-electron chi connectivity index (χ1n) is 11.1. The molecule has 0 aliphatic heterocycles. The molecule has 1 aliphatic carbocycles. The molecule has 1 aromatic heterocycles. The van der Waals surface area contributed by atoms with Crippen LogP contribution in [0.5, 0.6) is 0 Å². The summed E-state index contributed by atoms with van der Waals surface area (Å²) in [7, 11) is 1.08. The van der Waals surface area contributed by atoms with Crippen molar-refractivity contribution in [2.24, 2.45) is 4.99 Å². The number of nitrogens with one attached hydrogen (secondary N) is 2. The van der Waals surface area contributed by atoms with Crippen molar-refractivity contribution in [2.45, 2.75) is 69.8 Å². The second kappa shape index (κ2) is 11.9. The first-order valence-corrected chi connectivity index (χ1v) is 12.5. The number of imidazole rings is 1. The highest BCUT2D eigenvalue weighted by atomic mass is 32.2. The lowest BCUT2D eigenvalue weighted by Gasteiger charge is -2.30. The van der Waals surface area contributed by atoms with Gasteiger partial charge in [-0.05, 0) is 37.7 Å². The highest BCUT2D eigenvalue weighted by molar-refractivity contribution is 7.85. The van der Waals surface area contributed by atoms with Crippen LogP contribution in [0.4, 0.5) is 0 Å². The van der Waals surface area contributed by atoms with Crippen LogP contribution in [0.2, 0.25) is 0 Å². The molecule has 3 unspecified atom stereocenters. The third-order valence-corrected chi connectivity index (χ3v) is 7.51. The van der Waals surface area contributed by atoms with Gasteiger partial charge < -0.3 is 15.2 Å². The van der Waals surface area contributed by atoms with Gasteiger partial charge in [0.25, 0.3) is 0 Å². The largest absolute Gasteiger partial charge is 0.354 e. The van der Waals surface area contributed by atoms with Crippen molar-refractivity contribution in [3.63, 3.8) is 0 Å². The maximum absolute atomic E-state index is 12.2. The van der Waals surface area contributed by atoms with E-state index in [1.807, 2.05) is 19.3 Å². The third-order valence-electron chi connectivity index (χ3n) is 5.77. The van der Waals surface area contributed by atoms with Gasteiger partial charge in [0.1, 0.15) is 5.82 Å². The Kier molecular flexibility index (Phi) is 8.93. The number of guanidine groups is 1. The number of aryl methyl sites for hydroxylation is 2. The molecular weight excluding hydrogens is 394 g/mol. The Bertz CT molecular complexity index is 820. The summed E-state index contributed by atoms with van der Waals surface area (Å²) < 4.78 is 14.4. The van der Waals surface area contributed by atoms with Gasteiger partial charge in [-0.1, -0.05) is 43.7 Å². The van der Waals surface area contributed by atoms with Gasteiger partial charge in [-0.15, -0.1) is 0 Å². The van der Waals surface area contributed by atoms with Crippen LogP contribution in [0.3, 0.4) is 0 Å². The Balaban J connectivity index is 1.46. The molecule has 0 spiro atoms. The number of rotatable bonds is 9. The van der Waals surface area contributed by atoms with E-state index >= 15 is 0 Å². The molecule has 0 bridgehead atoms. The van der Waals surface area contributed by atoms with Crippen molar-refractivity contribution in [2.75, 3.05) is 12.8 Å². The molecule has 1 aromatic carbocycles. The first-order chi connectivity index (χ1) is 14.7. The van der Waals surface area contributed by atoms with Gasteiger partial charge in [-0.3, -0.25) is 9.20 Å². The lowest BCUT2D eigenvalue weighted by molar-refractivity contribution is 0.413. The summed E-state index contributed by atoms with van der Waals surface area (Å²) in [5.41, 5.74) is 1.37. The number of hydrogen-bond donors (Lipinski definition) is 2. The molecule has 2 N–H and O–H groups in total. The molecular formula is C23H35N5OS. The van der Waals surface area contributed by atoms with E-state index in [0.717, 1.165) is 62.6 Å². The van der Waals surface area contributed by atoms with Gasteiger partial charge in [0.2, 0.25) is 0 Å². The standard InChI is InChI=1S/C23H35N5OS/c1-3-30(29)21-13-7-12-20(17-21)27-23(24-2)26-18-22-25-14-16-28(22)15-8-11-19-9-5-4-6-10-19/h4-6,9-10,14,16,20-21H,3,7-8,11-13,15,17-18H2,1-2H3,(H2,24,26,27). The van der Waals surface area contributed by atoms with Crippen molar-refractivity contribution in [1.29, 1.82) is 0 Å². The molecule has 1 saturated carbocycles. The molecule has 3 rings (SSSR count). The molecule has 6 nitrogen and oxygen atoms in total. The molecule has 7 heteroatoms. The lowest BCUT2D eigenvalue weighted by atomic mass is 9.95. The molecule has 164 valence electrons. The molecule has 1 fully saturated rings. The average molecular weight is 430 g/mol. The van der Waals surface area contributed by atoms with Crippen LogP contribution in [-0.2, 0) is 30.3 Å². The van der Waals surface area contributed by atoms with Crippen LogP contribution in [0, 0.1) is 0 Å². The summed E-state index contributed by atoms with van der Waals surface area (Å²) in [6, 6.07) is 10.9. The van der Waals surface area contributed by atoms with Crippen molar-refractivity contribution < 1.29 is 4.21 Å². The van der Waals surface area contributed by atoms with E-state index in [1.165, 1.54) is 5.56 Å². The fourth-order valence-electron chi connectivity index (χ4n) is 4.11. The highest BCUT2D eigenvalue weighted by Gasteiger charge is 2.26.